The smallest absolute Gasteiger partial charge is 0.303 e. The summed E-state index contributed by atoms with van der Waals surface area (Å²) >= 11 is 4.26. The van der Waals surface area contributed by atoms with Gasteiger partial charge in [-0.05, 0) is 30.2 Å². The molecule has 0 saturated carbocycles. The van der Waals surface area contributed by atoms with E-state index < -0.39 is 11.7 Å². The van der Waals surface area contributed by atoms with Crippen molar-refractivity contribution in [2.75, 3.05) is 0 Å². The van der Waals surface area contributed by atoms with Crippen molar-refractivity contribution in [1.82, 2.24) is 14.8 Å². The van der Waals surface area contributed by atoms with Gasteiger partial charge in [0.15, 0.2) is 11.0 Å². The molecule has 24 heavy (non-hydrogen) atoms. The Bertz CT molecular complexity index is 837. The van der Waals surface area contributed by atoms with Crippen LogP contribution in [0, 0.1) is 0 Å². The molecule has 0 bridgehead atoms. The van der Waals surface area contributed by atoms with Crippen molar-refractivity contribution in [3.63, 3.8) is 0 Å². The second-order valence-electron chi connectivity index (χ2n) is 5.22. The SMILES string of the molecule is CCn1c(S)nnc1-c1ccc(-c2ccc(C(F)(F)F)cc2)cc1. The molecule has 1 heterocycles. The summed E-state index contributed by atoms with van der Waals surface area (Å²) in [5.74, 6) is 0.710. The van der Waals surface area contributed by atoms with Crippen molar-refractivity contribution in [2.45, 2.75) is 24.8 Å². The molecule has 0 spiro atoms. The number of alkyl halides is 3. The maximum absolute atomic E-state index is 12.6. The Balaban J connectivity index is 1.89. The molecule has 124 valence electrons. The quantitative estimate of drug-likeness (QED) is 0.679. The van der Waals surface area contributed by atoms with Crippen LogP contribution in [0.3, 0.4) is 0 Å². The van der Waals surface area contributed by atoms with Crippen LogP contribution in [0.2, 0.25) is 0 Å². The molecular weight excluding hydrogens is 335 g/mol. The zero-order valence-corrected chi connectivity index (χ0v) is 13.6. The van der Waals surface area contributed by atoms with Crippen molar-refractivity contribution >= 4 is 12.6 Å². The van der Waals surface area contributed by atoms with E-state index in [9.17, 15) is 13.2 Å². The summed E-state index contributed by atoms with van der Waals surface area (Å²) in [4.78, 5) is 0. The third-order valence-corrected chi connectivity index (χ3v) is 4.07. The summed E-state index contributed by atoms with van der Waals surface area (Å²) in [5, 5.41) is 8.60. The molecule has 0 aliphatic heterocycles. The maximum atomic E-state index is 12.6. The van der Waals surface area contributed by atoms with E-state index in [4.69, 9.17) is 0 Å². The normalized spacial score (nSPS) is 11.7. The van der Waals surface area contributed by atoms with E-state index >= 15 is 0 Å². The Morgan fingerprint density at radius 3 is 1.88 bits per heavy atom. The third kappa shape index (κ3) is 3.17. The van der Waals surface area contributed by atoms with E-state index in [-0.39, 0.29) is 0 Å². The Labute approximate surface area is 142 Å². The fourth-order valence-corrected chi connectivity index (χ4v) is 2.74. The lowest BCUT2D eigenvalue weighted by Gasteiger charge is -2.09. The molecule has 0 aliphatic rings. The Morgan fingerprint density at radius 1 is 0.875 bits per heavy atom. The van der Waals surface area contributed by atoms with E-state index in [0.717, 1.165) is 28.8 Å². The van der Waals surface area contributed by atoms with Crippen LogP contribution in [0.1, 0.15) is 12.5 Å². The lowest BCUT2D eigenvalue weighted by molar-refractivity contribution is -0.137. The highest BCUT2D eigenvalue weighted by Crippen LogP contribution is 2.31. The van der Waals surface area contributed by atoms with Crippen LogP contribution in [-0.4, -0.2) is 14.8 Å². The molecule has 3 aromatic rings. The zero-order valence-electron chi connectivity index (χ0n) is 12.7. The monoisotopic (exact) mass is 349 g/mol. The summed E-state index contributed by atoms with van der Waals surface area (Å²) < 4.78 is 39.7. The molecule has 1 aromatic heterocycles. The molecule has 0 amide bonds. The van der Waals surface area contributed by atoms with Gasteiger partial charge in [-0.15, -0.1) is 22.8 Å². The van der Waals surface area contributed by atoms with Gasteiger partial charge in [-0.25, -0.2) is 0 Å². The number of thiol groups is 1. The molecule has 3 nitrogen and oxygen atoms in total. The van der Waals surface area contributed by atoms with Gasteiger partial charge in [0, 0.05) is 12.1 Å². The molecule has 0 fully saturated rings. The largest absolute Gasteiger partial charge is 0.416 e. The number of benzene rings is 2. The molecule has 0 radical (unpaired) electrons. The third-order valence-electron chi connectivity index (χ3n) is 3.74. The molecule has 0 saturated heterocycles. The Morgan fingerprint density at radius 2 is 1.38 bits per heavy atom. The summed E-state index contributed by atoms with van der Waals surface area (Å²) in [6.45, 7) is 2.67. The van der Waals surface area contributed by atoms with Crippen LogP contribution in [-0.2, 0) is 12.7 Å². The van der Waals surface area contributed by atoms with Crippen molar-refractivity contribution < 1.29 is 13.2 Å². The average molecular weight is 349 g/mol. The topological polar surface area (TPSA) is 30.7 Å². The first kappa shape index (κ1) is 16.6. The van der Waals surface area contributed by atoms with Gasteiger partial charge in [0.2, 0.25) is 0 Å². The molecule has 3 rings (SSSR count). The number of halogens is 3. The number of nitrogens with zero attached hydrogens (tertiary/aromatic N) is 3. The lowest BCUT2D eigenvalue weighted by Crippen LogP contribution is -2.03. The number of hydrogen-bond acceptors (Lipinski definition) is 3. The van der Waals surface area contributed by atoms with Crippen molar-refractivity contribution in [3.8, 4) is 22.5 Å². The van der Waals surface area contributed by atoms with Gasteiger partial charge >= 0.3 is 6.18 Å². The minimum Gasteiger partial charge on any atom is -0.303 e. The average Bonchev–Trinajstić information content (AvgIpc) is 2.95. The summed E-state index contributed by atoms with van der Waals surface area (Å²) in [5.41, 5.74) is 1.78. The molecule has 0 atom stereocenters. The predicted octanol–water partition coefficient (Wildman–Crippen LogP) is 4.94. The fraction of sp³-hybridized carbons (Fsp3) is 0.176. The van der Waals surface area contributed by atoms with Gasteiger partial charge in [-0.1, -0.05) is 36.4 Å². The second kappa shape index (κ2) is 6.32. The van der Waals surface area contributed by atoms with Crippen LogP contribution in [0.15, 0.2) is 53.7 Å². The summed E-state index contributed by atoms with van der Waals surface area (Å²) in [7, 11) is 0. The van der Waals surface area contributed by atoms with Crippen LogP contribution < -0.4 is 0 Å². The van der Waals surface area contributed by atoms with Gasteiger partial charge < -0.3 is 4.57 Å². The highest BCUT2D eigenvalue weighted by molar-refractivity contribution is 7.80. The van der Waals surface area contributed by atoms with E-state index in [1.807, 2.05) is 35.8 Å². The van der Waals surface area contributed by atoms with Crippen LogP contribution in [0.5, 0.6) is 0 Å². The first-order chi connectivity index (χ1) is 11.4. The van der Waals surface area contributed by atoms with Crippen LogP contribution in [0.25, 0.3) is 22.5 Å². The van der Waals surface area contributed by atoms with Crippen LogP contribution in [0.4, 0.5) is 13.2 Å². The van der Waals surface area contributed by atoms with Crippen molar-refractivity contribution in [3.05, 3.63) is 54.1 Å². The lowest BCUT2D eigenvalue weighted by atomic mass is 10.0. The van der Waals surface area contributed by atoms with E-state index in [0.29, 0.717) is 17.5 Å². The molecule has 0 aliphatic carbocycles. The van der Waals surface area contributed by atoms with Gasteiger partial charge in [0.1, 0.15) is 0 Å². The van der Waals surface area contributed by atoms with Gasteiger partial charge in [0.05, 0.1) is 5.56 Å². The number of aromatic nitrogens is 3. The minimum absolute atomic E-state index is 0.541. The van der Waals surface area contributed by atoms with Gasteiger partial charge in [-0.2, -0.15) is 13.2 Å². The predicted molar refractivity (Wildman–Crippen MR) is 88.8 cm³/mol. The minimum atomic E-state index is -4.32. The number of hydrogen-bond donors (Lipinski definition) is 1. The second-order valence-corrected chi connectivity index (χ2v) is 5.62. The summed E-state index contributed by atoms with van der Waals surface area (Å²) in [6, 6.07) is 12.6. The molecule has 7 heteroatoms. The highest BCUT2D eigenvalue weighted by Gasteiger charge is 2.29. The van der Waals surface area contributed by atoms with Crippen molar-refractivity contribution in [1.29, 1.82) is 0 Å². The van der Waals surface area contributed by atoms with E-state index in [2.05, 4.69) is 22.8 Å². The van der Waals surface area contributed by atoms with Gasteiger partial charge in [0.25, 0.3) is 0 Å². The molecular formula is C17H14F3N3S. The van der Waals surface area contributed by atoms with Crippen molar-refractivity contribution in [2.24, 2.45) is 0 Å². The zero-order chi connectivity index (χ0) is 17.3. The molecule has 0 N–H and O–H groups in total. The molecule has 2 aromatic carbocycles. The maximum Gasteiger partial charge on any atom is 0.416 e. The Hall–Kier alpha value is -2.28. The molecule has 0 unspecified atom stereocenters. The first-order valence-electron chi connectivity index (χ1n) is 7.30. The fourth-order valence-electron chi connectivity index (χ4n) is 2.46. The number of rotatable bonds is 3. The highest BCUT2D eigenvalue weighted by atomic mass is 32.1. The first-order valence-corrected chi connectivity index (χ1v) is 7.75. The van der Waals surface area contributed by atoms with E-state index in [1.54, 1.807) is 0 Å². The van der Waals surface area contributed by atoms with Crippen LogP contribution >= 0.6 is 12.6 Å². The Kier molecular flexibility index (Phi) is 4.36. The van der Waals surface area contributed by atoms with Gasteiger partial charge in [-0.3, -0.25) is 0 Å². The van der Waals surface area contributed by atoms with E-state index in [1.165, 1.54) is 12.1 Å². The standard InChI is InChI=1S/C17H14F3N3S/c1-2-23-15(21-22-16(23)24)13-5-3-11(4-6-13)12-7-9-14(10-8-12)17(18,19)20/h3-10H,2H2,1H3,(H,22,24). The summed E-state index contributed by atoms with van der Waals surface area (Å²) in [6.07, 6.45) is -4.32.